The van der Waals surface area contributed by atoms with E-state index < -0.39 is 0 Å². The fourth-order valence-corrected chi connectivity index (χ4v) is 3.96. The van der Waals surface area contributed by atoms with Crippen LogP contribution in [0.5, 0.6) is 0 Å². The van der Waals surface area contributed by atoms with Crippen LogP contribution in [0, 0.1) is 0 Å². The van der Waals surface area contributed by atoms with Gasteiger partial charge in [0.15, 0.2) is 0 Å². The molecule has 0 spiro atoms. The fourth-order valence-electron chi connectivity index (χ4n) is 3.96. The molecule has 0 unspecified atom stereocenters. The van der Waals surface area contributed by atoms with Gasteiger partial charge in [-0.05, 0) is 36.5 Å². The van der Waals surface area contributed by atoms with Crippen LogP contribution in [0.25, 0.3) is 11.6 Å². The number of benzene rings is 2. The van der Waals surface area contributed by atoms with Crippen LogP contribution >= 0.6 is 0 Å². The van der Waals surface area contributed by atoms with Gasteiger partial charge in [-0.15, -0.1) is 0 Å². The van der Waals surface area contributed by atoms with Gasteiger partial charge in [-0.1, -0.05) is 53.7 Å². The Labute approximate surface area is 185 Å². The number of piperidine rings is 1. The zero-order valence-corrected chi connectivity index (χ0v) is 17.8. The van der Waals surface area contributed by atoms with Crippen molar-refractivity contribution >= 4 is 23.6 Å². The van der Waals surface area contributed by atoms with E-state index in [1.807, 2.05) is 42.3 Å². The first-order chi connectivity index (χ1) is 15.7. The van der Waals surface area contributed by atoms with Crippen LogP contribution in [-0.4, -0.2) is 45.2 Å². The van der Waals surface area contributed by atoms with Crippen molar-refractivity contribution in [2.75, 3.05) is 35.7 Å². The summed E-state index contributed by atoms with van der Waals surface area (Å²) < 4.78 is 5.53. The molecule has 0 aliphatic carbocycles. The molecule has 1 aliphatic heterocycles. The highest BCUT2D eigenvalue weighted by molar-refractivity contribution is 5.59. The van der Waals surface area contributed by atoms with Crippen molar-refractivity contribution in [1.29, 1.82) is 0 Å². The third-order valence-corrected chi connectivity index (χ3v) is 5.74. The summed E-state index contributed by atoms with van der Waals surface area (Å²) in [5, 5.41) is 4.10. The Bertz CT molecular complexity index is 1170. The van der Waals surface area contributed by atoms with E-state index in [0.717, 1.165) is 31.6 Å². The Morgan fingerprint density at radius 2 is 1.56 bits per heavy atom. The molecule has 0 saturated carbocycles. The third kappa shape index (κ3) is 4.09. The lowest BCUT2D eigenvalue weighted by molar-refractivity contribution is 0.394. The van der Waals surface area contributed by atoms with Crippen molar-refractivity contribution in [3.05, 3.63) is 66.2 Å². The van der Waals surface area contributed by atoms with Gasteiger partial charge in [0.05, 0.1) is 0 Å². The second-order valence-electron chi connectivity index (χ2n) is 7.78. The monoisotopic (exact) mass is 428 g/mol. The molecule has 1 aliphatic rings. The summed E-state index contributed by atoms with van der Waals surface area (Å²) in [6.45, 7) is 1.70. The van der Waals surface area contributed by atoms with Gasteiger partial charge in [0.2, 0.25) is 23.5 Å². The van der Waals surface area contributed by atoms with E-state index in [1.165, 1.54) is 5.56 Å². The van der Waals surface area contributed by atoms with Gasteiger partial charge >= 0.3 is 6.01 Å². The van der Waals surface area contributed by atoms with Crippen molar-refractivity contribution in [2.45, 2.75) is 18.8 Å². The molecular weight excluding hydrogens is 404 g/mol. The van der Waals surface area contributed by atoms with E-state index >= 15 is 0 Å². The van der Waals surface area contributed by atoms with Crippen molar-refractivity contribution in [2.24, 2.45) is 0 Å². The quantitative estimate of drug-likeness (QED) is 0.509. The Balaban J connectivity index is 1.32. The molecular formula is C23H24N8O. The number of nitrogen functional groups attached to an aromatic ring is 1. The highest BCUT2D eigenvalue weighted by atomic mass is 16.5. The molecule has 2 aromatic heterocycles. The standard InChI is InChI=1S/C23H24N8O/c1-30(18-10-6-3-7-11-18)22-26-19(25-21(24)28-22)20-27-23(32-29-20)31-14-12-17(13-15-31)16-8-4-2-5-9-16/h2-11,17H,12-15H2,1H3,(H2,24,25,26,28). The smallest absolute Gasteiger partial charge is 0.324 e. The average molecular weight is 429 g/mol. The van der Waals surface area contributed by atoms with Crippen LogP contribution in [0.15, 0.2) is 65.2 Å². The Morgan fingerprint density at radius 3 is 2.28 bits per heavy atom. The molecule has 0 bridgehead atoms. The number of hydrogen-bond donors (Lipinski definition) is 1. The Morgan fingerprint density at radius 1 is 0.875 bits per heavy atom. The zero-order valence-electron chi connectivity index (χ0n) is 17.8. The van der Waals surface area contributed by atoms with E-state index in [1.54, 1.807) is 0 Å². The molecule has 4 aromatic rings. The molecule has 9 heteroatoms. The lowest BCUT2D eigenvalue weighted by Crippen LogP contribution is -2.33. The van der Waals surface area contributed by atoms with Gasteiger partial charge < -0.3 is 20.1 Å². The second kappa shape index (κ2) is 8.62. The van der Waals surface area contributed by atoms with Crippen LogP contribution in [0.1, 0.15) is 24.3 Å². The molecule has 162 valence electrons. The molecule has 2 aromatic carbocycles. The van der Waals surface area contributed by atoms with Gasteiger partial charge in [-0.3, -0.25) is 0 Å². The normalized spacial score (nSPS) is 14.5. The number of rotatable bonds is 5. The number of hydrogen-bond acceptors (Lipinski definition) is 9. The summed E-state index contributed by atoms with van der Waals surface area (Å²) >= 11 is 0. The number of aromatic nitrogens is 5. The summed E-state index contributed by atoms with van der Waals surface area (Å²) in [5.41, 5.74) is 8.26. The zero-order chi connectivity index (χ0) is 21.9. The van der Waals surface area contributed by atoms with Crippen molar-refractivity contribution < 1.29 is 4.52 Å². The van der Waals surface area contributed by atoms with E-state index in [-0.39, 0.29) is 11.8 Å². The largest absolute Gasteiger partial charge is 0.368 e. The first-order valence-electron chi connectivity index (χ1n) is 10.6. The predicted octanol–water partition coefficient (Wildman–Crippen LogP) is 3.66. The van der Waals surface area contributed by atoms with Gasteiger partial charge in [-0.25, -0.2) is 0 Å². The van der Waals surface area contributed by atoms with Crippen LogP contribution in [0.4, 0.5) is 23.6 Å². The minimum absolute atomic E-state index is 0.0998. The van der Waals surface area contributed by atoms with Gasteiger partial charge in [0.25, 0.3) is 0 Å². The molecule has 3 heterocycles. The topological polar surface area (TPSA) is 110 Å². The molecule has 1 fully saturated rings. The number of anilines is 4. The summed E-state index contributed by atoms with van der Waals surface area (Å²) in [6.07, 6.45) is 2.07. The third-order valence-electron chi connectivity index (χ3n) is 5.74. The lowest BCUT2D eigenvalue weighted by atomic mass is 9.90. The Hall–Kier alpha value is -4.01. The molecule has 0 amide bonds. The van der Waals surface area contributed by atoms with E-state index in [2.05, 4.69) is 60.3 Å². The molecule has 1 saturated heterocycles. The number of nitrogens with two attached hydrogens (primary N) is 1. The van der Waals surface area contributed by atoms with Crippen molar-refractivity contribution in [3.63, 3.8) is 0 Å². The van der Waals surface area contributed by atoms with Crippen molar-refractivity contribution in [1.82, 2.24) is 25.1 Å². The summed E-state index contributed by atoms with van der Waals surface area (Å²) in [6, 6.07) is 20.9. The molecule has 32 heavy (non-hydrogen) atoms. The Kier molecular flexibility index (Phi) is 5.37. The summed E-state index contributed by atoms with van der Waals surface area (Å²) in [4.78, 5) is 21.5. The maximum Gasteiger partial charge on any atom is 0.324 e. The highest BCUT2D eigenvalue weighted by Crippen LogP contribution is 2.30. The van der Waals surface area contributed by atoms with E-state index in [4.69, 9.17) is 10.3 Å². The molecule has 9 nitrogen and oxygen atoms in total. The van der Waals surface area contributed by atoms with Crippen LogP contribution in [0.2, 0.25) is 0 Å². The molecule has 0 radical (unpaired) electrons. The maximum absolute atomic E-state index is 5.95. The maximum atomic E-state index is 5.95. The SMILES string of the molecule is CN(c1ccccc1)c1nc(N)nc(-c2noc(N3CCC(c4ccccc4)CC3)n2)n1. The van der Waals surface area contributed by atoms with Gasteiger partial charge in [0.1, 0.15) is 0 Å². The van der Waals surface area contributed by atoms with Crippen LogP contribution in [0.3, 0.4) is 0 Å². The minimum Gasteiger partial charge on any atom is -0.368 e. The van der Waals surface area contributed by atoms with E-state index in [9.17, 15) is 0 Å². The lowest BCUT2D eigenvalue weighted by Gasteiger charge is -2.30. The molecule has 0 atom stereocenters. The number of nitrogens with zero attached hydrogens (tertiary/aromatic N) is 7. The highest BCUT2D eigenvalue weighted by Gasteiger charge is 2.25. The van der Waals surface area contributed by atoms with E-state index in [0.29, 0.717) is 23.7 Å². The molecule has 5 rings (SSSR count). The minimum atomic E-state index is 0.0998. The second-order valence-corrected chi connectivity index (χ2v) is 7.78. The van der Waals surface area contributed by atoms with Gasteiger partial charge in [0, 0.05) is 25.8 Å². The fraction of sp³-hybridized carbons (Fsp3) is 0.261. The first-order valence-corrected chi connectivity index (χ1v) is 10.6. The van der Waals surface area contributed by atoms with Crippen molar-refractivity contribution in [3.8, 4) is 11.6 Å². The molecule has 2 N–H and O–H groups in total. The first kappa shape index (κ1) is 19.9. The van der Waals surface area contributed by atoms with Crippen LogP contribution in [-0.2, 0) is 0 Å². The van der Waals surface area contributed by atoms with Crippen LogP contribution < -0.4 is 15.5 Å². The van der Waals surface area contributed by atoms with Gasteiger partial charge in [-0.2, -0.15) is 19.9 Å². The number of para-hydroxylation sites is 1. The summed E-state index contributed by atoms with van der Waals surface area (Å²) in [7, 11) is 1.87. The predicted molar refractivity (Wildman–Crippen MR) is 123 cm³/mol. The summed E-state index contributed by atoms with van der Waals surface area (Å²) in [5.74, 6) is 1.64. The average Bonchev–Trinajstić information content (AvgIpc) is 3.35.